The maximum atomic E-state index is 12.3. The predicted molar refractivity (Wildman–Crippen MR) is 102 cm³/mol. The molecule has 0 fully saturated rings. The lowest BCUT2D eigenvalue weighted by molar-refractivity contribution is -0.118. The SMILES string of the molecule is COc1ccc(NC(=O)CC[C@H]2NC(=O)c3ccccc3NC2=O)cc1Cl. The summed E-state index contributed by atoms with van der Waals surface area (Å²) >= 11 is 6.03. The van der Waals surface area contributed by atoms with E-state index in [1.54, 1.807) is 42.5 Å². The summed E-state index contributed by atoms with van der Waals surface area (Å²) in [5.41, 5.74) is 1.37. The molecule has 1 heterocycles. The Balaban J connectivity index is 1.59. The number of ether oxygens (including phenoxy) is 1. The van der Waals surface area contributed by atoms with Gasteiger partial charge in [0.05, 0.1) is 23.4 Å². The number of carbonyl (C=O) groups is 3. The van der Waals surface area contributed by atoms with Crippen LogP contribution in [0.1, 0.15) is 23.2 Å². The van der Waals surface area contributed by atoms with Gasteiger partial charge in [0.2, 0.25) is 11.8 Å². The van der Waals surface area contributed by atoms with E-state index in [1.807, 2.05) is 0 Å². The normalized spacial score (nSPS) is 15.9. The van der Waals surface area contributed by atoms with E-state index in [-0.39, 0.29) is 30.6 Å². The highest BCUT2D eigenvalue weighted by Gasteiger charge is 2.27. The summed E-state index contributed by atoms with van der Waals surface area (Å²) < 4.78 is 5.06. The van der Waals surface area contributed by atoms with Crippen LogP contribution >= 0.6 is 11.6 Å². The van der Waals surface area contributed by atoms with Crippen LogP contribution in [0.15, 0.2) is 42.5 Å². The van der Waals surface area contributed by atoms with E-state index in [0.717, 1.165) is 0 Å². The molecule has 0 radical (unpaired) electrons. The molecule has 1 atom stereocenters. The fraction of sp³-hybridized carbons (Fsp3) is 0.211. The summed E-state index contributed by atoms with van der Waals surface area (Å²) in [6.45, 7) is 0. The smallest absolute Gasteiger partial charge is 0.254 e. The van der Waals surface area contributed by atoms with Crippen LogP contribution in [0.25, 0.3) is 0 Å². The molecule has 0 spiro atoms. The van der Waals surface area contributed by atoms with Crippen molar-refractivity contribution in [3.8, 4) is 5.75 Å². The maximum Gasteiger partial charge on any atom is 0.254 e. The lowest BCUT2D eigenvalue weighted by Gasteiger charge is -2.14. The predicted octanol–water partition coefficient (Wildman–Crippen LogP) is 2.82. The van der Waals surface area contributed by atoms with Crippen LogP contribution in [0.4, 0.5) is 11.4 Å². The Morgan fingerprint density at radius 3 is 2.74 bits per heavy atom. The Kier molecular flexibility index (Phi) is 5.61. The molecule has 0 aromatic heterocycles. The minimum atomic E-state index is -0.796. The number of hydrogen-bond donors (Lipinski definition) is 3. The van der Waals surface area contributed by atoms with Crippen LogP contribution < -0.4 is 20.7 Å². The van der Waals surface area contributed by atoms with Gasteiger partial charge < -0.3 is 20.7 Å². The van der Waals surface area contributed by atoms with Crippen molar-refractivity contribution in [1.82, 2.24) is 5.32 Å². The van der Waals surface area contributed by atoms with Gasteiger partial charge in [-0.05, 0) is 36.8 Å². The number of rotatable bonds is 5. The molecule has 3 amide bonds. The minimum Gasteiger partial charge on any atom is -0.495 e. The van der Waals surface area contributed by atoms with Crippen molar-refractivity contribution in [2.45, 2.75) is 18.9 Å². The van der Waals surface area contributed by atoms with Gasteiger partial charge in [0.25, 0.3) is 5.91 Å². The molecular formula is C19H18ClN3O4. The second kappa shape index (κ2) is 8.09. The lowest BCUT2D eigenvalue weighted by Crippen LogP contribution is -2.41. The van der Waals surface area contributed by atoms with Crippen molar-refractivity contribution in [2.24, 2.45) is 0 Å². The molecule has 0 saturated heterocycles. The van der Waals surface area contributed by atoms with Crippen LogP contribution in [0.3, 0.4) is 0 Å². The fourth-order valence-electron chi connectivity index (χ4n) is 2.76. The molecule has 0 saturated carbocycles. The van der Waals surface area contributed by atoms with Crippen molar-refractivity contribution in [3.05, 3.63) is 53.1 Å². The number of para-hydroxylation sites is 1. The third-order valence-electron chi connectivity index (χ3n) is 4.15. The Morgan fingerprint density at radius 2 is 2.00 bits per heavy atom. The first-order valence-electron chi connectivity index (χ1n) is 8.32. The van der Waals surface area contributed by atoms with Crippen molar-refractivity contribution >= 4 is 40.7 Å². The van der Waals surface area contributed by atoms with Gasteiger partial charge in [-0.25, -0.2) is 0 Å². The van der Waals surface area contributed by atoms with Crippen LogP contribution in [0.2, 0.25) is 5.02 Å². The molecule has 8 heteroatoms. The van der Waals surface area contributed by atoms with Gasteiger partial charge in [0.1, 0.15) is 11.8 Å². The summed E-state index contributed by atoms with van der Waals surface area (Å²) in [4.78, 5) is 36.8. The number of hydrogen-bond acceptors (Lipinski definition) is 4. The molecule has 7 nitrogen and oxygen atoms in total. The Morgan fingerprint density at radius 1 is 1.22 bits per heavy atom. The van der Waals surface area contributed by atoms with Gasteiger partial charge in [-0.1, -0.05) is 23.7 Å². The molecule has 2 aromatic carbocycles. The van der Waals surface area contributed by atoms with E-state index >= 15 is 0 Å². The molecule has 0 aliphatic carbocycles. The summed E-state index contributed by atoms with van der Waals surface area (Å²) in [7, 11) is 1.50. The number of benzene rings is 2. The highest BCUT2D eigenvalue weighted by molar-refractivity contribution is 6.32. The molecule has 27 heavy (non-hydrogen) atoms. The van der Waals surface area contributed by atoms with Gasteiger partial charge in [-0.15, -0.1) is 0 Å². The van der Waals surface area contributed by atoms with Crippen molar-refractivity contribution in [3.63, 3.8) is 0 Å². The van der Waals surface area contributed by atoms with E-state index in [4.69, 9.17) is 16.3 Å². The summed E-state index contributed by atoms with van der Waals surface area (Å²) in [6.07, 6.45) is 0.222. The van der Waals surface area contributed by atoms with E-state index in [0.29, 0.717) is 27.7 Å². The second-order valence-corrected chi connectivity index (χ2v) is 6.40. The summed E-state index contributed by atoms with van der Waals surface area (Å²) in [5.74, 6) is -0.489. The number of nitrogens with one attached hydrogen (secondary N) is 3. The van der Waals surface area contributed by atoms with Gasteiger partial charge in [-0.3, -0.25) is 14.4 Å². The zero-order chi connectivity index (χ0) is 19.4. The highest BCUT2D eigenvalue weighted by Crippen LogP contribution is 2.27. The average molecular weight is 388 g/mol. The summed E-state index contributed by atoms with van der Waals surface area (Å²) in [6, 6.07) is 10.8. The number of methoxy groups -OCH3 is 1. The molecule has 1 aliphatic rings. The number of anilines is 2. The molecule has 0 unspecified atom stereocenters. The number of amides is 3. The zero-order valence-electron chi connectivity index (χ0n) is 14.5. The first-order valence-corrected chi connectivity index (χ1v) is 8.70. The lowest BCUT2D eigenvalue weighted by atomic mass is 10.1. The van der Waals surface area contributed by atoms with Crippen molar-refractivity contribution in [2.75, 3.05) is 17.7 Å². The molecule has 3 N–H and O–H groups in total. The van der Waals surface area contributed by atoms with E-state index in [1.165, 1.54) is 7.11 Å². The van der Waals surface area contributed by atoms with E-state index in [2.05, 4.69) is 16.0 Å². The van der Waals surface area contributed by atoms with E-state index < -0.39 is 6.04 Å². The molecule has 3 rings (SSSR count). The van der Waals surface area contributed by atoms with Crippen LogP contribution in [-0.2, 0) is 9.59 Å². The number of carbonyl (C=O) groups excluding carboxylic acids is 3. The first kappa shape index (κ1) is 18.7. The number of fused-ring (bicyclic) bond motifs is 1. The first-order chi connectivity index (χ1) is 13.0. The minimum absolute atomic E-state index is 0.0539. The molecule has 140 valence electrons. The standard InChI is InChI=1S/C19H18ClN3O4/c1-27-16-8-6-11(10-13(16)20)21-17(24)9-7-15-19(26)22-14-5-3-2-4-12(14)18(25)23-15/h2-6,8,10,15H,7,9H2,1H3,(H,21,24)(H,22,26)(H,23,25)/t15-/m1/s1. The van der Waals surface area contributed by atoms with Crippen LogP contribution in [0.5, 0.6) is 5.75 Å². The fourth-order valence-corrected chi connectivity index (χ4v) is 3.02. The van der Waals surface area contributed by atoms with Gasteiger partial charge in [0.15, 0.2) is 0 Å². The highest BCUT2D eigenvalue weighted by atomic mass is 35.5. The second-order valence-electron chi connectivity index (χ2n) is 6.00. The van der Waals surface area contributed by atoms with Crippen LogP contribution in [-0.4, -0.2) is 30.9 Å². The monoisotopic (exact) mass is 387 g/mol. The molecule has 1 aliphatic heterocycles. The Bertz CT molecular complexity index is 900. The van der Waals surface area contributed by atoms with Crippen molar-refractivity contribution in [1.29, 1.82) is 0 Å². The number of halogens is 1. The summed E-state index contributed by atoms with van der Waals surface area (Å²) in [5, 5.41) is 8.46. The third kappa shape index (κ3) is 4.38. The van der Waals surface area contributed by atoms with Crippen LogP contribution in [0, 0.1) is 0 Å². The topological polar surface area (TPSA) is 96.5 Å². The largest absolute Gasteiger partial charge is 0.495 e. The Hall–Kier alpha value is -3.06. The molecule has 0 bridgehead atoms. The van der Waals surface area contributed by atoms with Gasteiger partial charge in [0, 0.05) is 12.1 Å². The van der Waals surface area contributed by atoms with E-state index in [9.17, 15) is 14.4 Å². The average Bonchev–Trinajstić information content (AvgIpc) is 2.76. The quantitative estimate of drug-likeness (QED) is 0.735. The van der Waals surface area contributed by atoms with Crippen molar-refractivity contribution < 1.29 is 19.1 Å². The van der Waals surface area contributed by atoms with Gasteiger partial charge >= 0.3 is 0 Å². The molecular weight excluding hydrogens is 370 g/mol. The third-order valence-corrected chi connectivity index (χ3v) is 4.44. The van der Waals surface area contributed by atoms with Gasteiger partial charge in [-0.2, -0.15) is 0 Å². The maximum absolute atomic E-state index is 12.3. The Labute approximate surface area is 161 Å². The zero-order valence-corrected chi connectivity index (χ0v) is 15.3. The molecule has 2 aromatic rings.